The number of pyridine rings is 1. The lowest BCUT2D eigenvalue weighted by atomic mass is 9.80. The van der Waals surface area contributed by atoms with Gasteiger partial charge in [-0.2, -0.15) is 5.10 Å². The smallest absolute Gasteiger partial charge is 0.255 e. The minimum Gasteiger partial charge on any atom is -0.337 e. The molecule has 0 aliphatic carbocycles. The summed E-state index contributed by atoms with van der Waals surface area (Å²) in [6.45, 7) is 5.17. The van der Waals surface area contributed by atoms with Gasteiger partial charge in [0.25, 0.3) is 11.8 Å². The summed E-state index contributed by atoms with van der Waals surface area (Å²) in [4.78, 5) is 38.4. The highest BCUT2D eigenvalue weighted by atomic mass is 19.1. The largest absolute Gasteiger partial charge is 0.337 e. The number of carbonyl (C=O) groups excluding carboxylic acids is 2. The third-order valence-corrected chi connectivity index (χ3v) is 6.55. The molecule has 2 aliphatic rings. The molecule has 0 radical (unpaired) electrons. The number of hydrogen-bond donors (Lipinski definition) is 1. The van der Waals surface area contributed by atoms with Gasteiger partial charge < -0.3 is 9.80 Å². The number of carbonyl (C=O) groups is 2. The molecular weight excluding hydrogens is 411 g/mol. The molecule has 3 aromatic rings. The fraction of sp³-hybridized carbons (Fsp3) is 0.348. The zero-order valence-corrected chi connectivity index (χ0v) is 17.9. The number of H-pyrrole nitrogens is 1. The van der Waals surface area contributed by atoms with E-state index in [9.17, 15) is 14.0 Å². The minimum atomic E-state index is -0.582. The van der Waals surface area contributed by atoms with Gasteiger partial charge in [-0.3, -0.25) is 19.7 Å². The summed E-state index contributed by atoms with van der Waals surface area (Å²) in [5.41, 5.74) is 0.758. The summed E-state index contributed by atoms with van der Waals surface area (Å²) in [7, 11) is 0. The molecule has 0 bridgehead atoms. The maximum Gasteiger partial charge on any atom is 0.255 e. The molecule has 0 unspecified atom stereocenters. The van der Waals surface area contributed by atoms with Crippen molar-refractivity contribution in [3.8, 4) is 0 Å². The molecule has 0 spiro atoms. The van der Waals surface area contributed by atoms with Gasteiger partial charge in [0.1, 0.15) is 11.6 Å². The Labute approximate surface area is 184 Å². The number of aromatic nitrogens is 4. The molecule has 2 fully saturated rings. The Bertz CT molecular complexity index is 1200. The summed E-state index contributed by atoms with van der Waals surface area (Å²) in [5, 5.41) is 7.30. The average molecular weight is 434 g/mol. The molecule has 2 aliphatic heterocycles. The Morgan fingerprint density at radius 2 is 1.81 bits per heavy atom. The molecule has 2 atom stereocenters. The van der Waals surface area contributed by atoms with Crippen molar-refractivity contribution in [2.24, 2.45) is 5.92 Å². The summed E-state index contributed by atoms with van der Waals surface area (Å²) in [6.07, 6.45) is 3.19. The lowest BCUT2D eigenvalue weighted by molar-refractivity contribution is 0.0731. The van der Waals surface area contributed by atoms with Crippen LogP contribution in [0.15, 0.2) is 42.7 Å². The highest BCUT2D eigenvalue weighted by molar-refractivity contribution is 5.95. The zero-order chi connectivity index (χ0) is 22.5. The van der Waals surface area contributed by atoms with E-state index in [0.29, 0.717) is 54.5 Å². The van der Waals surface area contributed by atoms with E-state index in [1.54, 1.807) is 53.4 Å². The number of halogens is 1. The van der Waals surface area contributed by atoms with Gasteiger partial charge in [-0.05, 0) is 43.7 Å². The SMILES string of the molecule is Cc1nc([C@]23CN(C(=O)c4cccnc4)C[C@H]2CN(C(=O)c2ccc(C)c(F)c2)C3)n[nH]1. The molecule has 164 valence electrons. The molecule has 2 amide bonds. The Balaban J connectivity index is 1.45. The van der Waals surface area contributed by atoms with Gasteiger partial charge in [-0.15, -0.1) is 0 Å². The van der Waals surface area contributed by atoms with E-state index in [-0.39, 0.29) is 17.7 Å². The Hall–Kier alpha value is -3.62. The average Bonchev–Trinajstić information content (AvgIpc) is 3.48. The van der Waals surface area contributed by atoms with Gasteiger partial charge in [-0.25, -0.2) is 9.37 Å². The first-order chi connectivity index (χ1) is 15.4. The van der Waals surface area contributed by atoms with Gasteiger partial charge in [0.2, 0.25) is 0 Å². The summed E-state index contributed by atoms with van der Waals surface area (Å²) in [5.74, 6) is 0.524. The van der Waals surface area contributed by atoms with Crippen molar-refractivity contribution >= 4 is 11.8 Å². The molecule has 9 heteroatoms. The molecule has 0 saturated carbocycles. The quantitative estimate of drug-likeness (QED) is 0.681. The van der Waals surface area contributed by atoms with Gasteiger partial charge in [-0.1, -0.05) is 6.07 Å². The van der Waals surface area contributed by atoms with E-state index in [0.717, 1.165) is 0 Å². The molecule has 4 heterocycles. The lowest BCUT2D eigenvalue weighted by Crippen LogP contribution is -2.42. The third-order valence-electron chi connectivity index (χ3n) is 6.55. The van der Waals surface area contributed by atoms with Crippen molar-refractivity contribution in [3.05, 3.63) is 76.9 Å². The van der Waals surface area contributed by atoms with Crippen molar-refractivity contribution in [2.75, 3.05) is 26.2 Å². The number of nitrogens with zero attached hydrogens (tertiary/aromatic N) is 5. The fourth-order valence-corrected chi connectivity index (χ4v) is 4.84. The van der Waals surface area contributed by atoms with Crippen molar-refractivity contribution in [1.29, 1.82) is 0 Å². The van der Waals surface area contributed by atoms with Crippen LogP contribution in [0.25, 0.3) is 0 Å². The van der Waals surface area contributed by atoms with Gasteiger partial charge in [0.15, 0.2) is 5.82 Å². The van der Waals surface area contributed by atoms with Crippen LogP contribution in [0.3, 0.4) is 0 Å². The van der Waals surface area contributed by atoms with Crippen LogP contribution in [0.1, 0.15) is 37.9 Å². The normalized spacial score (nSPS) is 22.3. The van der Waals surface area contributed by atoms with Gasteiger partial charge in [0, 0.05) is 50.1 Å². The zero-order valence-electron chi connectivity index (χ0n) is 17.9. The lowest BCUT2D eigenvalue weighted by Gasteiger charge is -2.27. The van der Waals surface area contributed by atoms with Gasteiger partial charge >= 0.3 is 0 Å². The van der Waals surface area contributed by atoms with Gasteiger partial charge in [0.05, 0.1) is 11.0 Å². The topological polar surface area (TPSA) is 95.1 Å². The van der Waals surface area contributed by atoms with Crippen molar-refractivity contribution < 1.29 is 14.0 Å². The predicted molar refractivity (Wildman–Crippen MR) is 113 cm³/mol. The number of hydrogen-bond acceptors (Lipinski definition) is 5. The highest BCUT2D eigenvalue weighted by Gasteiger charge is 2.57. The van der Waals surface area contributed by atoms with Crippen LogP contribution < -0.4 is 0 Å². The maximum atomic E-state index is 14.1. The van der Waals surface area contributed by atoms with E-state index in [1.165, 1.54) is 6.07 Å². The number of benzene rings is 1. The standard InChI is InChI=1S/C23H23FN6O2/c1-14-5-6-16(8-19(14)24)20(31)29-10-18-11-30(21(32)17-4-3-7-25-9-17)13-23(18,12-29)22-26-15(2)27-28-22/h3-9,18H,10-13H2,1-2H3,(H,26,27,28)/t18-,23-/m1/s1. The fourth-order valence-electron chi connectivity index (χ4n) is 4.84. The van der Waals surface area contributed by atoms with E-state index >= 15 is 0 Å². The first-order valence-electron chi connectivity index (χ1n) is 10.5. The number of rotatable bonds is 3. The molecule has 1 aromatic carbocycles. The number of amides is 2. The second-order valence-electron chi connectivity index (χ2n) is 8.67. The Morgan fingerprint density at radius 1 is 1.09 bits per heavy atom. The Kier molecular flexibility index (Phi) is 4.76. The number of aromatic amines is 1. The van der Waals surface area contributed by atoms with Crippen LogP contribution in [-0.4, -0.2) is 68.0 Å². The first-order valence-corrected chi connectivity index (χ1v) is 10.5. The molecule has 8 nitrogen and oxygen atoms in total. The van der Waals surface area contributed by atoms with Crippen molar-refractivity contribution in [1.82, 2.24) is 30.0 Å². The summed E-state index contributed by atoms with van der Waals surface area (Å²) in [6, 6.07) is 8.03. The number of fused-ring (bicyclic) bond motifs is 1. The van der Waals surface area contributed by atoms with Crippen molar-refractivity contribution in [2.45, 2.75) is 19.3 Å². The number of aryl methyl sites for hydroxylation is 2. The molecular formula is C23H23FN6O2. The number of nitrogens with one attached hydrogen (secondary N) is 1. The van der Waals surface area contributed by atoms with Crippen LogP contribution in [0.4, 0.5) is 4.39 Å². The monoisotopic (exact) mass is 434 g/mol. The third kappa shape index (κ3) is 3.24. The van der Waals surface area contributed by atoms with E-state index in [1.807, 2.05) is 6.92 Å². The van der Waals surface area contributed by atoms with E-state index in [2.05, 4.69) is 20.2 Å². The summed E-state index contributed by atoms with van der Waals surface area (Å²) >= 11 is 0. The van der Waals surface area contributed by atoms with Crippen LogP contribution in [0.5, 0.6) is 0 Å². The second-order valence-corrected chi connectivity index (χ2v) is 8.67. The summed E-state index contributed by atoms with van der Waals surface area (Å²) < 4.78 is 14.1. The molecule has 2 saturated heterocycles. The maximum absolute atomic E-state index is 14.1. The van der Waals surface area contributed by atoms with Crippen molar-refractivity contribution in [3.63, 3.8) is 0 Å². The predicted octanol–water partition coefficient (Wildman–Crippen LogP) is 2.12. The van der Waals surface area contributed by atoms with Crippen LogP contribution in [0.2, 0.25) is 0 Å². The van der Waals surface area contributed by atoms with E-state index < -0.39 is 11.2 Å². The minimum absolute atomic E-state index is 0.0300. The molecule has 1 N–H and O–H groups in total. The van der Waals surface area contributed by atoms with Crippen LogP contribution in [-0.2, 0) is 5.41 Å². The van der Waals surface area contributed by atoms with Crippen LogP contribution >= 0.6 is 0 Å². The molecule has 5 rings (SSSR count). The number of likely N-dealkylation sites (tertiary alicyclic amines) is 2. The van der Waals surface area contributed by atoms with Crippen LogP contribution in [0, 0.1) is 25.6 Å². The second kappa shape index (κ2) is 7.51. The highest BCUT2D eigenvalue weighted by Crippen LogP contribution is 2.44. The molecule has 2 aromatic heterocycles. The van der Waals surface area contributed by atoms with E-state index in [4.69, 9.17) is 0 Å². The first kappa shape index (κ1) is 20.3. The molecule has 32 heavy (non-hydrogen) atoms. The Morgan fingerprint density at radius 3 is 2.41 bits per heavy atom.